The van der Waals surface area contributed by atoms with Gasteiger partial charge in [0.15, 0.2) is 0 Å². The molecule has 0 radical (unpaired) electrons. The Balaban J connectivity index is 2.79. The minimum atomic E-state index is 0.0228. The lowest BCUT2D eigenvalue weighted by Crippen LogP contribution is -2.32. The molecule has 0 saturated heterocycles. The van der Waals surface area contributed by atoms with Crippen LogP contribution in [0.5, 0.6) is 0 Å². The number of carbonyl (C=O) groups excluding carboxylic acids is 1. The summed E-state index contributed by atoms with van der Waals surface area (Å²) in [6.45, 7) is 1.48. The molecule has 0 saturated carbocycles. The number of amides is 1. The molecule has 5 heteroatoms. The average molecular weight is 350 g/mol. The highest BCUT2D eigenvalue weighted by Gasteiger charge is 2.14. The Kier molecular flexibility index (Phi) is 5.44. The predicted molar refractivity (Wildman–Crippen MR) is 72.7 cm³/mol. The van der Waals surface area contributed by atoms with Crippen LogP contribution in [0.4, 0.5) is 0 Å². The summed E-state index contributed by atoms with van der Waals surface area (Å²) in [5.74, 6) is 0.0228. The second-order valence-electron chi connectivity index (χ2n) is 3.45. The van der Waals surface area contributed by atoms with E-state index in [1.807, 2.05) is 25.2 Å². The number of carbonyl (C=O) groups is 1. The lowest BCUT2D eigenvalue weighted by Gasteiger charge is -2.17. The number of hydrogen-bond acceptors (Lipinski definition) is 2. The van der Waals surface area contributed by atoms with Crippen molar-refractivity contribution in [3.05, 3.63) is 32.7 Å². The topological polar surface area (TPSA) is 32.3 Å². The fourth-order valence-electron chi connectivity index (χ4n) is 1.25. The van der Waals surface area contributed by atoms with Crippen molar-refractivity contribution in [2.45, 2.75) is 0 Å². The molecular formula is C11H14Br2N2O. The third kappa shape index (κ3) is 3.57. The van der Waals surface area contributed by atoms with Gasteiger partial charge in [-0.25, -0.2) is 0 Å². The largest absolute Gasteiger partial charge is 0.340 e. The first-order valence-electron chi connectivity index (χ1n) is 4.91. The lowest BCUT2D eigenvalue weighted by molar-refractivity contribution is 0.0796. The Labute approximate surface area is 112 Å². The van der Waals surface area contributed by atoms with E-state index in [1.165, 1.54) is 0 Å². The Hall–Kier alpha value is -0.390. The molecule has 0 aliphatic carbocycles. The summed E-state index contributed by atoms with van der Waals surface area (Å²) in [5, 5.41) is 3.02. The summed E-state index contributed by atoms with van der Waals surface area (Å²) in [6, 6.07) is 5.55. The van der Waals surface area contributed by atoms with Gasteiger partial charge >= 0.3 is 0 Å². The highest BCUT2D eigenvalue weighted by atomic mass is 79.9. The first-order chi connectivity index (χ1) is 7.56. The normalized spacial score (nSPS) is 10.2. The maximum Gasteiger partial charge on any atom is 0.254 e. The fourth-order valence-corrected chi connectivity index (χ4v) is 2.47. The average Bonchev–Trinajstić information content (AvgIpc) is 2.25. The van der Waals surface area contributed by atoms with E-state index in [9.17, 15) is 4.79 Å². The Morgan fingerprint density at radius 3 is 2.69 bits per heavy atom. The van der Waals surface area contributed by atoms with Gasteiger partial charge in [-0.3, -0.25) is 4.79 Å². The molecule has 1 rings (SSSR count). The van der Waals surface area contributed by atoms with Gasteiger partial charge in [-0.05, 0) is 41.2 Å². The number of halogens is 2. The van der Waals surface area contributed by atoms with Crippen molar-refractivity contribution in [2.24, 2.45) is 0 Å². The predicted octanol–water partition coefficient (Wildman–Crippen LogP) is 2.50. The minimum absolute atomic E-state index is 0.0228. The van der Waals surface area contributed by atoms with Crippen molar-refractivity contribution in [2.75, 3.05) is 27.2 Å². The van der Waals surface area contributed by atoms with Gasteiger partial charge in [-0.2, -0.15) is 0 Å². The zero-order chi connectivity index (χ0) is 12.1. The molecule has 0 atom stereocenters. The zero-order valence-corrected chi connectivity index (χ0v) is 12.4. The van der Waals surface area contributed by atoms with Crippen molar-refractivity contribution < 1.29 is 4.79 Å². The van der Waals surface area contributed by atoms with E-state index in [1.54, 1.807) is 11.9 Å². The molecular weight excluding hydrogens is 336 g/mol. The summed E-state index contributed by atoms with van der Waals surface area (Å²) in [6.07, 6.45) is 0. The number of hydrogen-bond donors (Lipinski definition) is 1. The van der Waals surface area contributed by atoms with Crippen LogP contribution in [-0.4, -0.2) is 38.0 Å². The maximum absolute atomic E-state index is 12.0. The summed E-state index contributed by atoms with van der Waals surface area (Å²) in [5.41, 5.74) is 0.682. The lowest BCUT2D eigenvalue weighted by atomic mass is 10.2. The molecule has 16 heavy (non-hydrogen) atoms. The number of nitrogens with zero attached hydrogens (tertiary/aromatic N) is 1. The van der Waals surface area contributed by atoms with E-state index in [-0.39, 0.29) is 5.91 Å². The first-order valence-corrected chi connectivity index (χ1v) is 6.50. The second-order valence-corrected chi connectivity index (χ2v) is 5.22. The molecule has 1 aromatic carbocycles. The van der Waals surface area contributed by atoms with Crippen LogP contribution in [0, 0.1) is 0 Å². The molecule has 0 aliphatic heterocycles. The number of nitrogens with one attached hydrogen (secondary N) is 1. The van der Waals surface area contributed by atoms with Gasteiger partial charge in [0.1, 0.15) is 0 Å². The van der Waals surface area contributed by atoms with Crippen LogP contribution in [0.1, 0.15) is 10.4 Å². The van der Waals surface area contributed by atoms with Crippen molar-refractivity contribution >= 4 is 37.8 Å². The molecule has 0 unspecified atom stereocenters. The number of benzene rings is 1. The molecule has 1 N–H and O–H groups in total. The van der Waals surface area contributed by atoms with Crippen LogP contribution < -0.4 is 5.32 Å². The molecule has 88 valence electrons. The molecule has 0 heterocycles. The van der Waals surface area contributed by atoms with Crippen molar-refractivity contribution in [1.82, 2.24) is 10.2 Å². The minimum Gasteiger partial charge on any atom is -0.340 e. The quantitative estimate of drug-likeness (QED) is 0.905. The first kappa shape index (κ1) is 13.7. The second kappa shape index (κ2) is 6.37. The molecule has 3 nitrogen and oxygen atoms in total. The Morgan fingerprint density at radius 1 is 1.44 bits per heavy atom. The zero-order valence-electron chi connectivity index (χ0n) is 9.26. The Morgan fingerprint density at radius 2 is 2.12 bits per heavy atom. The van der Waals surface area contributed by atoms with E-state index in [0.717, 1.165) is 15.5 Å². The fraction of sp³-hybridized carbons (Fsp3) is 0.364. The summed E-state index contributed by atoms with van der Waals surface area (Å²) < 4.78 is 1.76. The summed E-state index contributed by atoms with van der Waals surface area (Å²) >= 11 is 6.75. The molecule has 1 aromatic rings. The third-order valence-corrected chi connectivity index (χ3v) is 3.35. The molecule has 0 aromatic heterocycles. The van der Waals surface area contributed by atoms with Crippen LogP contribution in [0.2, 0.25) is 0 Å². The molecule has 1 amide bonds. The van der Waals surface area contributed by atoms with Gasteiger partial charge in [-0.15, -0.1) is 0 Å². The highest BCUT2D eigenvalue weighted by molar-refractivity contribution is 9.11. The standard InChI is InChI=1S/C11H14Br2N2O/c1-14-5-6-15(2)11(16)9-4-3-8(12)7-10(9)13/h3-4,7,14H,5-6H2,1-2H3. The molecule has 0 aliphatic rings. The van der Waals surface area contributed by atoms with Crippen LogP contribution in [0.15, 0.2) is 27.1 Å². The van der Waals surface area contributed by atoms with Crippen LogP contribution >= 0.6 is 31.9 Å². The van der Waals surface area contributed by atoms with Gasteiger partial charge < -0.3 is 10.2 Å². The van der Waals surface area contributed by atoms with E-state index >= 15 is 0 Å². The van der Waals surface area contributed by atoms with E-state index in [2.05, 4.69) is 37.2 Å². The van der Waals surface area contributed by atoms with Gasteiger partial charge in [0, 0.05) is 29.1 Å². The third-order valence-electron chi connectivity index (χ3n) is 2.21. The highest BCUT2D eigenvalue weighted by Crippen LogP contribution is 2.22. The van der Waals surface area contributed by atoms with Gasteiger partial charge in [-0.1, -0.05) is 15.9 Å². The van der Waals surface area contributed by atoms with Gasteiger partial charge in [0.05, 0.1) is 5.56 Å². The van der Waals surface area contributed by atoms with E-state index in [0.29, 0.717) is 12.1 Å². The van der Waals surface area contributed by atoms with E-state index in [4.69, 9.17) is 0 Å². The van der Waals surface area contributed by atoms with Gasteiger partial charge in [0.2, 0.25) is 0 Å². The maximum atomic E-state index is 12.0. The molecule has 0 fully saturated rings. The molecule has 0 spiro atoms. The number of rotatable bonds is 4. The van der Waals surface area contributed by atoms with Gasteiger partial charge in [0.25, 0.3) is 5.91 Å². The number of likely N-dealkylation sites (N-methyl/N-ethyl adjacent to an activating group) is 2. The van der Waals surface area contributed by atoms with Crippen molar-refractivity contribution in [3.63, 3.8) is 0 Å². The molecule has 0 bridgehead atoms. The Bertz CT molecular complexity index is 382. The van der Waals surface area contributed by atoms with E-state index < -0.39 is 0 Å². The smallest absolute Gasteiger partial charge is 0.254 e. The van der Waals surface area contributed by atoms with Crippen molar-refractivity contribution in [1.29, 1.82) is 0 Å². The SMILES string of the molecule is CNCCN(C)C(=O)c1ccc(Br)cc1Br. The summed E-state index contributed by atoms with van der Waals surface area (Å²) in [7, 11) is 3.67. The van der Waals surface area contributed by atoms with Crippen molar-refractivity contribution in [3.8, 4) is 0 Å². The van der Waals surface area contributed by atoms with Crippen LogP contribution in [0.3, 0.4) is 0 Å². The van der Waals surface area contributed by atoms with Crippen LogP contribution in [-0.2, 0) is 0 Å². The summed E-state index contributed by atoms with van der Waals surface area (Å²) in [4.78, 5) is 13.7. The van der Waals surface area contributed by atoms with Crippen LogP contribution in [0.25, 0.3) is 0 Å². The monoisotopic (exact) mass is 348 g/mol.